The highest BCUT2D eigenvalue weighted by Crippen LogP contribution is 2.23. The Bertz CT molecular complexity index is 628. The molecule has 1 aliphatic heterocycles. The zero-order chi connectivity index (χ0) is 17.9. The number of ether oxygens (including phenoxy) is 1. The van der Waals surface area contributed by atoms with E-state index < -0.39 is 17.5 Å². The number of halogens is 1. The van der Waals surface area contributed by atoms with E-state index in [1.807, 2.05) is 0 Å². The van der Waals surface area contributed by atoms with Crippen LogP contribution in [0.2, 0.25) is 0 Å². The Balaban J connectivity index is 1.98. The van der Waals surface area contributed by atoms with E-state index in [1.54, 1.807) is 25.7 Å². The van der Waals surface area contributed by atoms with Crippen molar-refractivity contribution in [3.63, 3.8) is 0 Å². The highest BCUT2D eigenvalue weighted by Gasteiger charge is 2.31. The maximum absolute atomic E-state index is 13.1. The highest BCUT2D eigenvalue weighted by atomic mass is 19.1. The van der Waals surface area contributed by atoms with E-state index in [0.717, 1.165) is 12.5 Å². The first-order valence-electron chi connectivity index (χ1n) is 7.99. The van der Waals surface area contributed by atoms with Gasteiger partial charge in [-0.15, -0.1) is 0 Å². The number of anilines is 2. The van der Waals surface area contributed by atoms with Crippen LogP contribution in [0.3, 0.4) is 0 Å². The number of amides is 2. The topological polar surface area (TPSA) is 84.7 Å². The Kier molecular flexibility index (Phi) is 5.31. The van der Waals surface area contributed by atoms with Gasteiger partial charge in [0.05, 0.1) is 17.3 Å². The van der Waals surface area contributed by atoms with Crippen LogP contribution in [0.15, 0.2) is 18.2 Å². The molecular weight excluding hydrogens is 313 g/mol. The number of likely N-dealkylation sites (tertiary alicyclic amines) is 1. The van der Waals surface area contributed by atoms with Crippen molar-refractivity contribution >= 4 is 23.4 Å². The van der Waals surface area contributed by atoms with Gasteiger partial charge in [-0.2, -0.15) is 0 Å². The summed E-state index contributed by atoms with van der Waals surface area (Å²) in [6.45, 7) is 6.27. The molecule has 0 bridgehead atoms. The molecule has 0 spiro atoms. The molecule has 1 aliphatic rings. The van der Waals surface area contributed by atoms with Crippen molar-refractivity contribution in [3.05, 3.63) is 24.0 Å². The third kappa shape index (κ3) is 4.84. The molecule has 1 atom stereocenters. The lowest BCUT2D eigenvalue weighted by Crippen LogP contribution is -2.45. The number of carbonyl (C=O) groups is 2. The molecule has 1 saturated heterocycles. The lowest BCUT2D eigenvalue weighted by atomic mass is 9.97. The van der Waals surface area contributed by atoms with E-state index in [1.165, 1.54) is 12.1 Å². The molecular formula is C17H24FN3O3. The van der Waals surface area contributed by atoms with Crippen LogP contribution in [-0.4, -0.2) is 35.6 Å². The fraction of sp³-hybridized carbons (Fsp3) is 0.529. The van der Waals surface area contributed by atoms with Crippen molar-refractivity contribution in [1.82, 2.24) is 4.90 Å². The van der Waals surface area contributed by atoms with Gasteiger partial charge < -0.3 is 20.7 Å². The lowest BCUT2D eigenvalue weighted by Gasteiger charge is -2.33. The number of nitrogens with two attached hydrogens (primary N) is 1. The number of nitrogens with zero attached hydrogens (tertiary/aromatic N) is 1. The summed E-state index contributed by atoms with van der Waals surface area (Å²) in [6.07, 6.45) is 0.976. The number of nitrogens with one attached hydrogen (secondary N) is 1. The average Bonchev–Trinajstić information content (AvgIpc) is 2.48. The van der Waals surface area contributed by atoms with Crippen molar-refractivity contribution in [3.8, 4) is 0 Å². The summed E-state index contributed by atoms with van der Waals surface area (Å²) in [5, 5.41) is 2.71. The molecule has 2 amide bonds. The van der Waals surface area contributed by atoms with Gasteiger partial charge >= 0.3 is 6.09 Å². The molecule has 7 heteroatoms. The Labute approximate surface area is 141 Å². The second kappa shape index (κ2) is 7.07. The number of carbonyl (C=O) groups excluding carboxylic acids is 2. The number of rotatable bonds is 2. The Hall–Kier alpha value is -2.31. The molecule has 1 aromatic rings. The molecule has 1 heterocycles. The number of piperidine rings is 1. The number of benzene rings is 1. The minimum absolute atomic E-state index is 0.170. The van der Waals surface area contributed by atoms with Gasteiger partial charge in [0.15, 0.2) is 0 Å². The summed E-state index contributed by atoms with van der Waals surface area (Å²) in [6, 6.07) is 3.82. The summed E-state index contributed by atoms with van der Waals surface area (Å²) >= 11 is 0. The van der Waals surface area contributed by atoms with Crippen molar-refractivity contribution < 1.29 is 18.7 Å². The molecule has 3 N–H and O–H groups in total. The second-order valence-corrected chi connectivity index (χ2v) is 6.99. The van der Waals surface area contributed by atoms with Crippen LogP contribution >= 0.6 is 0 Å². The van der Waals surface area contributed by atoms with Crippen molar-refractivity contribution in [2.45, 2.75) is 39.2 Å². The molecule has 0 saturated carbocycles. The van der Waals surface area contributed by atoms with Crippen LogP contribution in [0.1, 0.15) is 33.6 Å². The fourth-order valence-corrected chi connectivity index (χ4v) is 2.57. The van der Waals surface area contributed by atoms with Crippen molar-refractivity contribution in [2.24, 2.45) is 5.92 Å². The molecule has 0 aromatic heterocycles. The summed E-state index contributed by atoms with van der Waals surface area (Å²) in [5.41, 5.74) is 5.67. The van der Waals surface area contributed by atoms with Crippen molar-refractivity contribution in [1.29, 1.82) is 0 Å². The van der Waals surface area contributed by atoms with Gasteiger partial charge in [-0.1, -0.05) is 0 Å². The van der Waals surface area contributed by atoms with E-state index >= 15 is 0 Å². The first-order chi connectivity index (χ1) is 11.2. The predicted octanol–water partition coefficient (Wildman–Crippen LogP) is 2.99. The van der Waals surface area contributed by atoms with Gasteiger partial charge in [0.1, 0.15) is 11.4 Å². The predicted molar refractivity (Wildman–Crippen MR) is 90.0 cm³/mol. The van der Waals surface area contributed by atoms with E-state index in [4.69, 9.17) is 10.5 Å². The summed E-state index contributed by atoms with van der Waals surface area (Å²) in [4.78, 5) is 26.1. The molecule has 24 heavy (non-hydrogen) atoms. The van der Waals surface area contributed by atoms with Crippen LogP contribution < -0.4 is 11.1 Å². The Morgan fingerprint density at radius 3 is 2.71 bits per heavy atom. The maximum Gasteiger partial charge on any atom is 0.410 e. The molecule has 1 unspecified atom stereocenters. The van der Waals surface area contributed by atoms with Crippen LogP contribution in [0.25, 0.3) is 0 Å². The minimum atomic E-state index is -0.575. The summed E-state index contributed by atoms with van der Waals surface area (Å²) in [5.74, 6) is -1.04. The van der Waals surface area contributed by atoms with Crippen LogP contribution in [0.4, 0.5) is 20.6 Å². The molecule has 1 aromatic carbocycles. The fourth-order valence-electron chi connectivity index (χ4n) is 2.57. The quantitative estimate of drug-likeness (QED) is 0.813. The third-order valence-electron chi connectivity index (χ3n) is 3.72. The summed E-state index contributed by atoms with van der Waals surface area (Å²) in [7, 11) is 0. The summed E-state index contributed by atoms with van der Waals surface area (Å²) < 4.78 is 18.4. The highest BCUT2D eigenvalue weighted by molar-refractivity contribution is 5.95. The molecule has 0 aliphatic carbocycles. The standard InChI is InChI=1S/C17H24FN3O3/c1-17(2,3)24-16(23)21-8-4-5-11(10-21)15(22)20-14-7-6-12(18)9-13(14)19/h6-7,9,11H,4-5,8,10,19H2,1-3H3,(H,20,22). The smallest absolute Gasteiger partial charge is 0.410 e. The van der Waals surface area contributed by atoms with Gasteiger partial charge in [0.25, 0.3) is 0 Å². The second-order valence-electron chi connectivity index (χ2n) is 6.99. The van der Waals surface area contributed by atoms with Crippen LogP contribution in [0.5, 0.6) is 0 Å². The zero-order valence-corrected chi connectivity index (χ0v) is 14.3. The third-order valence-corrected chi connectivity index (χ3v) is 3.72. The molecule has 1 fully saturated rings. The maximum atomic E-state index is 13.1. The van der Waals surface area contributed by atoms with Gasteiger partial charge in [-0.3, -0.25) is 4.79 Å². The number of nitrogen functional groups attached to an aromatic ring is 1. The van der Waals surface area contributed by atoms with Gasteiger partial charge in [-0.25, -0.2) is 9.18 Å². The number of hydrogen-bond donors (Lipinski definition) is 2. The van der Waals surface area contributed by atoms with Crippen LogP contribution in [-0.2, 0) is 9.53 Å². The largest absolute Gasteiger partial charge is 0.444 e. The monoisotopic (exact) mass is 337 g/mol. The van der Waals surface area contributed by atoms with E-state index in [0.29, 0.717) is 25.2 Å². The van der Waals surface area contributed by atoms with Crippen LogP contribution in [0, 0.1) is 11.7 Å². The van der Waals surface area contributed by atoms with Gasteiger partial charge in [-0.05, 0) is 51.8 Å². The first-order valence-corrected chi connectivity index (χ1v) is 7.99. The van der Waals surface area contributed by atoms with E-state index in [9.17, 15) is 14.0 Å². The zero-order valence-electron chi connectivity index (χ0n) is 14.3. The molecule has 6 nitrogen and oxygen atoms in total. The van der Waals surface area contributed by atoms with Gasteiger partial charge in [0, 0.05) is 13.1 Å². The van der Waals surface area contributed by atoms with E-state index in [2.05, 4.69) is 5.32 Å². The number of hydrogen-bond acceptors (Lipinski definition) is 4. The molecule has 0 radical (unpaired) electrons. The minimum Gasteiger partial charge on any atom is -0.444 e. The normalized spacial score (nSPS) is 18.2. The van der Waals surface area contributed by atoms with Gasteiger partial charge in [0.2, 0.25) is 5.91 Å². The molecule has 132 valence electrons. The lowest BCUT2D eigenvalue weighted by molar-refractivity contribution is -0.121. The van der Waals surface area contributed by atoms with E-state index in [-0.39, 0.29) is 17.5 Å². The SMILES string of the molecule is CC(C)(C)OC(=O)N1CCCC(C(=O)Nc2ccc(F)cc2N)C1. The Morgan fingerprint density at radius 1 is 1.38 bits per heavy atom. The Morgan fingerprint density at radius 2 is 2.08 bits per heavy atom. The van der Waals surface area contributed by atoms with Crippen molar-refractivity contribution in [2.75, 3.05) is 24.1 Å². The average molecular weight is 337 g/mol. The first kappa shape index (κ1) is 18.0. The molecule has 2 rings (SSSR count).